The molecule has 2 heterocycles. The third-order valence-electron chi connectivity index (χ3n) is 3.43. The van der Waals surface area contributed by atoms with Crippen LogP contribution in [0.2, 0.25) is 5.02 Å². The van der Waals surface area contributed by atoms with Crippen molar-refractivity contribution in [2.24, 2.45) is 0 Å². The predicted molar refractivity (Wildman–Crippen MR) is 92.8 cm³/mol. The zero-order valence-electron chi connectivity index (χ0n) is 12.1. The van der Waals surface area contributed by atoms with Crippen molar-refractivity contribution in [2.45, 2.75) is 0 Å². The van der Waals surface area contributed by atoms with Crippen molar-refractivity contribution in [1.82, 2.24) is 14.6 Å². The third-order valence-corrected chi connectivity index (χ3v) is 4.64. The molecule has 4 aromatic rings. The third kappa shape index (κ3) is 2.70. The van der Waals surface area contributed by atoms with Crippen molar-refractivity contribution in [3.05, 3.63) is 79.8 Å². The van der Waals surface area contributed by atoms with Gasteiger partial charge in [0.1, 0.15) is 5.82 Å². The van der Waals surface area contributed by atoms with Crippen LogP contribution >= 0.6 is 22.9 Å². The lowest BCUT2D eigenvalue weighted by molar-refractivity contribution is 0.627. The topological polar surface area (TPSA) is 47.3 Å². The van der Waals surface area contributed by atoms with Crippen LogP contribution in [0, 0.1) is 5.82 Å². The Hall–Kier alpha value is -2.57. The minimum Gasteiger partial charge on any atom is -0.266 e. The average Bonchev–Trinajstić information content (AvgIpc) is 3.09. The molecular weight excluding hydrogens is 349 g/mol. The molecule has 0 N–H and O–H groups in total. The predicted octanol–water partition coefficient (Wildman–Crippen LogP) is 3.16. The Morgan fingerprint density at radius 3 is 2.67 bits per heavy atom. The zero-order chi connectivity index (χ0) is 16.7. The molecule has 4 nitrogen and oxygen atoms in total. The molecular formula is C17H9ClFN3OS. The van der Waals surface area contributed by atoms with Crippen molar-refractivity contribution in [2.75, 3.05) is 0 Å². The second-order valence-corrected chi connectivity index (χ2v) is 6.55. The molecule has 0 unspecified atom stereocenters. The largest absolute Gasteiger partial charge is 0.291 e. The van der Waals surface area contributed by atoms with Crippen LogP contribution in [0.4, 0.5) is 4.39 Å². The van der Waals surface area contributed by atoms with Crippen molar-refractivity contribution in [1.29, 1.82) is 0 Å². The van der Waals surface area contributed by atoms with E-state index in [1.807, 2.05) is 0 Å². The lowest BCUT2D eigenvalue weighted by atomic mass is 10.2. The molecule has 0 atom stereocenters. The maximum atomic E-state index is 13.2. The number of thiazole rings is 1. The van der Waals surface area contributed by atoms with E-state index in [1.165, 1.54) is 28.0 Å². The first-order valence-corrected chi connectivity index (χ1v) is 8.22. The van der Waals surface area contributed by atoms with Gasteiger partial charge in [-0.3, -0.25) is 4.79 Å². The van der Waals surface area contributed by atoms with Gasteiger partial charge in [0.25, 0.3) is 5.56 Å². The number of hydrogen-bond donors (Lipinski definition) is 0. The highest BCUT2D eigenvalue weighted by molar-refractivity contribution is 7.15. The first-order chi connectivity index (χ1) is 11.6. The van der Waals surface area contributed by atoms with E-state index in [9.17, 15) is 9.18 Å². The number of aromatic nitrogens is 3. The van der Waals surface area contributed by atoms with Crippen molar-refractivity contribution < 1.29 is 4.39 Å². The highest BCUT2D eigenvalue weighted by atomic mass is 35.5. The second kappa shape index (κ2) is 5.81. The van der Waals surface area contributed by atoms with Gasteiger partial charge in [0.2, 0.25) is 4.96 Å². The number of nitrogens with zero attached hydrogens (tertiary/aromatic N) is 3. The Kier molecular flexibility index (Phi) is 3.63. The number of hydrogen-bond acceptors (Lipinski definition) is 4. The molecule has 0 radical (unpaired) electrons. The molecule has 0 saturated carbocycles. The second-order valence-electron chi connectivity index (χ2n) is 5.11. The standard InChI is InChI=1S/C17H9ClFN3OS/c18-12-6-4-11(5-7-12)15-20-17-22(21-15)16(23)14(24-17)9-10-2-1-3-13(19)8-10/h1-9H/b14-9-. The summed E-state index contributed by atoms with van der Waals surface area (Å²) >= 11 is 7.08. The van der Waals surface area contributed by atoms with Crippen LogP contribution in [0.5, 0.6) is 0 Å². The van der Waals surface area contributed by atoms with Gasteiger partial charge < -0.3 is 0 Å². The van der Waals surface area contributed by atoms with Crippen LogP contribution < -0.4 is 10.1 Å². The smallest absolute Gasteiger partial charge is 0.266 e. The van der Waals surface area contributed by atoms with Crippen LogP contribution in [0.15, 0.2) is 53.3 Å². The van der Waals surface area contributed by atoms with Gasteiger partial charge in [-0.05, 0) is 48.0 Å². The van der Waals surface area contributed by atoms with Crippen LogP contribution in [0.3, 0.4) is 0 Å². The molecule has 0 spiro atoms. The number of rotatable bonds is 2. The summed E-state index contributed by atoms with van der Waals surface area (Å²) in [5.41, 5.74) is 1.13. The van der Waals surface area contributed by atoms with E-state index < -0.39 is 0 Å². The summed E-state index contributed by atoms with van der Waals surface area (Å²) in [5, 5.41) is 4.88. The summed E-state index contributed by atoms with van der Waals surface area (Å²) in [6, 6.07) is 13.1. The molecule has 0 fully saturated rings. The quantitative estimate of drug-likeness (QED) is 0.553. The average molecular weight is 358 g/mol. The molecule has 0 aliphatic heterocycles. The molecule has 0 saturated heterocycles. The molecule has 118 valence electrons. The van der Waals surface area contributed by atoms with Gasteiger partial charge in [0.15, 0.2) is 5.82 Å². The summed E-state index contributed by atoms with van der Waals surface area (Å²) in [5.74, 6) is 0.119. The molecule has 24 heavy (non-hydrogen) atoms. The summed E-state index contributed by atoms with van der Waals surface area (Å²) in [6.45, 7) is 0. The highest BCUT2D eigenvalue weighted by Gasteiger charge is 2.11. The minimum atomic E-state index is -0.347. The summed E-state index contributed by atoms with van der Waals surface area (Å²) in [4.78, 5) is 17.3. The Morgan fingerprint density at radius 1 is 1.17 bits per heavy atom. The van der Waals surface area contributed by atoms with E-state index in [2.05, 4.69) is 10.1 Å². The van der Waals surface area contributed by atoms with Crippen LogP contribution in [0.1, 0.15) is 5.56 Å². The Morgan fingerprint density at radius 2 is 1.96 bits per heavy atom. The van der Waals surface area contributed by atoms with Gasteiger partial charge in [0, 0.05) is 10.6 Å². The fourth-order valence-corrected chi connectivity index (χ4v) is 3.34. The van der Waals surface area contributed by atoms with E-state index in [-0.39, 0.29) is 11.4 Å². The molecule has 0 amide bonds. The van der Waals surface area contributed by atoms with E-state index in [4.69, 9.17) is 11.6 Å². The van der Waals surface area contributed by atoms with Crippen molar-refractivity contribution in [3.8, 4) is 11.4 Å². The first kappa shape index (κ1) is 15.0. The SMILES string of the molecule is O=c1/c(=C/c2cccc(F)c2)sc2nc(-c3ccc(Cl)cc3)nn12. The Bertz CT molecular complexity index is 1150. The van der Waals surface area contributed by atoms with Crippen LogP contribution in [-0.4, -0.2) is 14.6 Å². The maximum Gasteiger partial charge on any atom is 0.291 e. The summed E-state index contributed by atoms with van der Waals surface area (Å²) < 4.78 is 15.0. The molecule has 7 heteroatoms. The molecule has 0 aliphatic carbocycles. The minimum absolute atomic E-state index is 0.271. The fraction of sp³-hybridized carbons (Fsp3) is 0. The lowest BCUT2D eigenvalue weighted by Crippen LogP contribution is -2.23. The molecule has 0 bridgehead atoms. The van der Waals surface area contributed by atoms with Crippen molar-refractivity contribution in [3.63, 3.8) is 0 Å². The van der Waals surface area contributed by atoms with Gasteiger partial charge in [0.05, 0.1) is 4.53 Å². The number of fused-ring (bicyclic) bond motifs is 1. The van der Waals surface area contributed by atoms with E-state index >= 15 is 0 Å². The zero-order valence-corrected chi connectivity index (χ0v) is 13.7. The normalized spacial score (nSPS) is 12.2. The van der Waals surface area contributed by atoms with E-state index in [0.717, 1.165) is 5.56 Å². The van der Waals surface area contributed by atoms with Crippen molar-refractivity contribution >= 4 is 34.0 Å². The molecule has 4 rings (SSSR count). The Labute approximate surface area is 144 Å². The first-order valence-electron chi connectivity index (χ1n) is 7.03. The van der Waals surface area contributed by atoms with Gasteiger partial charge in [-0.1, -0.05) is 35.1 Å². The molecule has 2 aromatic heterocycles. The van der Waals surface area contributed by atoms with E-state index in [1.54, 1.807) is 42.5 Å². The molecule has 2 aromatic carbocycles. The highest BCUT2D eigenvalue weighted by Crippen LogP contribution is 2.19. The number of halogens is 2. The monoisotopic (exact) mass is 357 g/mol. The van der Waals surface area contributed by atoms with Gasteiger partial charge >= 0.3 is 0 Å². The van der Waals surface area contributed by atoms with Gasteiger partial charge in [-0.2, -0.15) is 9.50 Å². The van der Waals surface area contributed by atoms with Crippen LogP contribution in [0.25, 0.3) is 22.4 Å². The van der Waals surface area contributed by atoms with E-state index in [0.29, 0.717) is 25.9 Å². The fourth-order valence-electron chi connectivity index (χ4n) is 2.30. The summed E-state index contributed by atoms with van der Waals surface area (Å²) in [7, 11) is 0. The summed E-state index contributed by atoms with van der Waals surface area (Å²) in [6.07, 6.45) is 1.63. The molecule has 0 aliphatic rings. The number of benzene rings is 2. The maximum absolute atomic E-state index is 13.2. The van der Waals surface area contributed by atoms with Gasteiger partial charge in [-0.15, -0.1) is 5.10 Å². The van der Waals surface area contributed by atoms with Crippen LogP contribution in [-0.2, 0) is 0 Å². The lowest BCUT2D eigenvalue weighted by Gasteiger charge is -1.94. The Balaban J connectivity index is 1.81. The van der Waals surface area contributed by atoms with Gasteiger partial charge in [-0.25, -0.2) is 4.39 Å².